The van der Waals surface area contributed by atoms with Crippen LogP contribution in [0.15, 0.2) is 0 Å². The molecule has 2 nitrogen and oxygen atoms in total. The van der Waals surface area contributed by atoms with Crippen molar-refractivity contribution in [2.45, 2.75) is 45.1 Å². The van der Waals surface area contributed by atoms with Gasteiger partial charge in [-0.1, -0.05) is 19.8 Å². The molecule has 0 N–H and O–H groups in total. The van der Waals surface area contributed by atoms with Crippen molar-refractivity contribution >= 4 is 0 Å². The summed E-state index contributed by atoms with van der Waals surface area (Å²) in [6.07, 6.45) is 6.62. The van der Waals surface area contributed by atoms with Crippen LogP contribution in [-0.2, 0) is 0 Å². The van der Waals surface area contributed by atoms with Gasteiger partial charge in [0.25, 0.3) is 0 Å². The maximum absolute atomic E-state index is 8.90. The van der Waals surface area contributed by atoms with Gasteiger partial charge in [0.1, 0.15) is 0 Å². The third-order valence-corrected chi connectivity index (χ3v) is 3.72. The molecule has 1 atom stereocenters. The van der Waals surface area contributed by atoms with E-state index in [2.05, 4.69) is 17.9 Å². The Bertz CT molecular complexity index is 215. The Morgan fingerprint density at radius 3 is 2.46 bits per heavy atom. The first-order valence-electron chi connectivity index (χ1n) is 5.43. The highest BCUT2D eigenvalue weighted by Gasteiger charge is 2.46. The summed E-state index contributed by atoms with van der Waals surface area (Å²) in [6, 6.07) is 2.57. The monoisotopic (exact) mass is 178 g/mol. The molecule has 0 aromatic heterocycles. The fourth-order valence-corrected chi connectivity index (χ4v) is 2.91. The van der Waals surface area contributed by atoms with Crippen molar-refractivity contribution in [2.24, 2.45) is 5.41 Å². The third-order valence-electron chi connectivity index (χ3n) is 3.72. The van der Waals surface area contributed by atoms with Gasteiger partial charge in [0, 0.05) is 13.1 Å². The first-order valence-corrected chi connectivity index (χ1v) is 5.43. The lowest BCUT2D eigenvalue weighted by Gasteiger charge is -2.50. The summed E-state index contributed by atoms with van der Waals surface area (Å²) in [5.41, 5.74) is 0.643. The molecule has 2 aliphatic rings. The highest BCUT2D eigenvalue weighted by molar-refractivity contribution is 5.04. The van der Waals surface area contributed by atoms with Gasteiger partial charge in [-0.2, -0.15) is 5.26 Å². The molecule has 1 unspecified atom stereocenters. The molecule has 1 saturated heterocycles. The summed E-state index contributed by atoms with van der Waals surface area (Å²) in [7, 11) is 0. The van der Waals surface area contributed by atoms with E-state index in [1.807, 2.05) is 0 Å². The van der Waals surface area contributed by atoms with Gasteiger partial charge in [-0.3, -0.25) is 4.90 Å². The van der Waals surface area contributed by atoms with Crippen molar-refractivity contribution in [3.8, 4) is 6.07 Å². The highest BCUT2D eigenvalue weighted by Crippen LogP contribution is 2.46. The Labute approximate surface area is 80.5 Å². The minimum absolute atomic E-state index is 0.186. The van der Waals surface area contributed by atoms with Gasteiger partial charge in [-0.15, -0.1) is 0 Å². The quantitative estimate of drug-likeness (QED) is 0.648. The van der Waals surface area contributed by atoms with Crippen LogP contribution < -0.4 is 0 Å². The van der Waals surface area contributed by atoms with Crippen LogP contribution in [0.4, 0.5) is 0 Å². The molecule has 1 heterocycles. The predicted octanol–water partition coefficient (Wildman–Crippen LogP) is 2.16. The molecular weight excluding hydrogens is 160 g/mol. The second kappa shape index (κ2) is 3.31. The molecule has 1 spiro atoms. The topological polar surface area (TPSA) is 27.0 Å². The lowest BCUT2D eigenvalue weighted by atomic mass is 9.77. The zero-order chi connectivity index (χ0) is 9.31. The molecule has 0 aromatic rings. The number of nitriles is 1. The third kappa shape index (κ3) is 1.46. The Hall–Kier alpha value is -0.550. The first-order chi connectivity index (χ1) is 6.29. The second-order valence-corrected chi connectivity index (χ2v) is 4.67. The van der Waals surface area contributed by atoms with Crippen LogP contribution in [-0.4, -0.2) is 24.0 Å². The van der Waals surface area contributed by atoms with E-state index in [4.69, 9.17) is 5.26 Å². The second-order valence-electron chi connectivity index (χ2n) is 4.67. The number of hydrogen-bond donors (Lipinski definition) is 0. The molecular formula is C11H18N2. The van der Waals surface area contributed by atoms with Crippen LogP contribution in [0.5, 0.6) is 0 Å². The van der Waals surface area contributed by atoms with Crippen molar-refractivity contribution in [3.63, 3.8) is 0 Å². The van der Waals surface area contributed by atoms with Crippen LogP contribution in [0.2, 0.25) is 0 Å². The van der Waals surface area contributed by atoms with Gasteiger partial charge in [-0.25, -0.2) is 0 Å². The maximum atomic E-state index is 8.90. The van der Waals surface area contributed by atoms with Gasteiger partial charge < -0.3 is 0 Å². The summed E-state index contributed by atoms with van der Waals surface area (Å²) in [6.45, 7) is 4.49. The molecule has 2 fully saturated rings. The molecule has 1 saturated carbocycles. The average molecular weight is 178 g/mol. The van der Waals surface area contributed by atoms with Crippen molar-refractivity contribution in [1.29, 1.82) is 5.26 Å². The molecule has 13 heavy (non-hydrogen) atoms. The van der Waals surface area contributed by atoms with E-state index >= 15 is 0 Å². The van der Waals surface area contributed by atoms with Crippen LogP contribution in [0.3, 0.4) is 0 Å². The predicted molar refractivity (Wildman–Crippen MR) is 52.2 cm³/mol. The SMILES string of the molecule is CCC(C#N)N1CC2(CCCC2)C1. The van der Waals surface area contributed by atoms with Crippen molar-refractivity contribution in [3.05, 3.63) is 0 Å². The number of nitrogens with zero attached hydrogens (tertiary/aromatic N) is 2. The number of rotatable bonds is 2. The summed E-state index contributed by atoms with van der Waals surface area (Å²) in [5, 5.41) is 8.90. The molecule has 0 aromatic carbocycles. The molecule has 0 amide bonds. The Balaban J connectivity index is 1.87. The van der Waals surface area contributed by atoms with E-state index in [0.717, 1.165) is 6.42 Å². The van der Waals surface area contributed by atoms with E-state index in [9.17, 15) is 0 Å². The number of likely N-dealkylation sites (tertiary alicyclic amines) is 1. The van der Waals surface area contributed by atoms with Gasteiger partial charge >= 0.3 is 0 Å². The average Bonchev–Trinajstić information content (AvgIpc) is 2.54. The van der Waals surface area contributed by atoms with E-state index in [-0.39, 0.29) is 6.04 Å². The largest absolute Gasteiger partial charge is 0.287 e. The molecule has 0 radical (unpaired) electrons. The summed E-state index contributed by atoms with van der Waals surface area (Å²) >= 11 is 0. The normalized spacial score (nSPS) is 28.3. The van der Waals surface area contributed by atoms with E-state index in [1.165, 1.54) is 38.8 Å². The molecule has 2 rings (SSSR count). The first kappa shape index (κ1) is 9.02. The van der Waals surface area contributed by atoms with Gasteiger partial charge in [-0.05, 0) is 24.7 Å². The molecule has 1 aliphatic heterocycles. The Morgan fingerprint density at radius 2 is 2.00 bits per heavy atom. The molecule has 1 aliphatic carbocycles. The summed E-state index contributed by atoms with van der Waals surface area (Å²) < 4.78 is 0. The maximum Gasteiger partial charge on any atom is 0.0975 e. The van der Waals surface area contributed by atoms with Crippen LogP contribution in [0.25, 0.3) is 0 Å². The van der Waals surface area contributed by atoms with Gasteiger partial charge in [0.05, 0.1) is 12.1 Å². The van der Waals surface area contributed by atoms with Crippen molar-refractivity contribution < 1.29 is 0 Å². The van der Waals surface area contributed by atoms with E-state index in [1.54, 1.807) is 0 Å². The lowest BCUT2D eigenvalue weighted by molar-refractivity contribution is -0.0124. The minimum Gasteiger partial charge on any atom is -0.287 e. The van der Waals surface area contributed by atoms with Crippen LogP contribution in [0, 0.1) is 16.7 Å². The smallest absolute Gasteiger partial charge is 0.0975 e. The fourth-order valence-electron chi connectivity index (χ4n) is 2.91. The minimum atomic E-state index is 0.186. The summed E-state index contributed by atoms with van der Waals surface area (Å²) in [5.74, 6) is 0. The molecule has 0 bridgehead atoms. The Kier molecular flexibility index (Phi) is 2.29. The lowest BCUT2D eigenvalue weighted by Crippen LogP contribution is -2.58. The van der Waals surface area contributed by atoms with Crippen molar-refractivity contribution in [1.82, 2.24) is 4.90 Å². The zero-order valence-electron chi connectivity index (χ0n) is 8.42. The molecule has 2 heteroatoms. The van der Waals surface area contributed by atoms with E-state index in [0.29, 0.717) is 5.41 Å². The van der Waals surface area contributed by atoms with Crippen LogP contribution in [0.1, 0.15) is 39.0 Å². The zero-order valence-corrected chi connectivity index (χ0v) is 8.42. The van der Waals surface area contributed by atoms with E-state index < -0.39 is 0 Å². The standard InChI is InChI=1S/C11H18N2/c1-2-10(7-12)13-8-11(9-13)5-3-4-6-11/h10H,2-6,8-9H2,1H3. The molecule has 72 valence electrons. The van der Waals surface area contributed by atoms with Crippen molar-refractivity contribution in [2.75, 3.05) is 13.1 Å². The van der Waals surface area contributed by atoms with Gasteiger partial charge in [0.2, 0.25) is 0 Å². The van der Waals surface area contributed by atoms with Crippen LogP contribution >= 0.6 is 0 Å². The summed E-state index contributed by atoms with van der Waals surface area (Å²) in [4.78, 5) is 2.35. The number of hydrogen-bond acceptors (Lipinski definition) is 2. The fraction of sp³-hybridized carbons (Fsp3) is 0.909. The Morgan fingerprint density at radius 1 is 1.38 bits per heavy atom. The highest BCUT2D eigenvalue weighted by atomic mass is 15.2. The van der Waals surface area contributed by atoms with Gasteiger partial charge in [0.15, 0.2) is 0 Å².